The lowest BCUT2D eigenvalue weighted by Gasteiger charge is -2.38. The van der Waals surface area contributed by atoms with E-state index in [0.717, 1.165) is 5.56 Å². The monoisotopic (exact) mass is 220 g/mol. The Labute approximate surface area is 95.0 Å². The minimum absolute atomic E-state index is 0.00986. The van der Waals surface area contributed by atoms with Gasteiger partial charge in [-0.05, 0) is 31.0 Å². The number of hydrogen-bond donors (Lipinski definition) is 1. The molecule has 1 heterocycles. The van der Waals surface area contributed by atoms with Crippen LogP contribution in [0.3, 0.4) is 0 Å². The summed E-state index contributed by atoms with van der Waals surface area (Å²) in [6.45, 7) is 4.51. The van der Waals surface area contributed by atoms with Crippen LogP contribution in [0.15, 0.2) is 18.2 Å². The highest BCUT2D eigenvalue weighted by Gasteiger charge is 2.45. The van der Waals surface area contributed by atoms with Crippen LogP contribution in [0.1, 0.15) is 21.5 Å². The largest absolute Gasteiger partial charge is 0.395 e. The van der Waals surface area contributed by atoms with E-state index in [9.17, 15) is 9.90 Å². The Hall–Kier alpha value is -1.19. The van der Waals surface area contributed by atoms with Gasteiger partial charge in [0.05, 0.1) is 19.8 Å². The van der Waals surface area contributed by atoms with E-state index in [1.54, 1.807) is 0 Å². The number of rotatable bonds is 3. The van der Waals surface area contributed by atoms with Crippen LogP contribution in [-0.2, 0) is 4.74 Å². The van der Waals surface area contributed by atoms with Crippen molar-refractivity contribution >= 4 is 5.78 Å². The minimum atomic E-state index is -0.693. The Morgan fingerprint density at radius 1 is 1.38 bits per heavy atom. The number of aryl methyl sites for hydroxylation is 2. The number of aliphatic hydroxyl groups is 1. The Morgan fingerprint density at radius 2 is 2.06 bits per heavy atom. The molecular formula is C13H16O3. The van der Waals surface area contributed by atoms with Crippen molar-refractivity contribution in [2.75, 3.05) is 19.8 Å². The Balaban J connectivity index is 2.30. The second kappa shape index (κ2) is 4.00. The number of Topliss-reactive ketones (excluding diaryl/α,β-unsaturated/α-hetero) is 1. The number of benzene rings is 1. The van der Waals surface area contributed by atoms with Crippen LogP contribution in [0.4, 0.5) is 0 Å². The average molecular weight is 220 g/mol. The second-order valence-electron chi connectivity index (χ2n) is 4.56. The molecule has 3 nitrogen and oxygen atoms in total. The van der Waals surface area contributed by atoms with Gasteiger partial charge in [0.2, 0.25) is 0 Å². The molecule has 0 atom stereocenters. The van der Waals surface area contributed by atoms with Gasteiger partial charge in [0.15, 0.2) is 5.78 Å². The molecule has 1 aromatic rings. The van der Waals surface area contributed by atoms with E-state index in [0.29, 0.717) is 18.8 Å². The zero-order chi connectivity index (χ0) is 11.8. The lowest BCUT2D eigenvalue weighted by atomic mass is 9.79. The third-order valence-electron chi connectivity index (χ3n) is 3.31. The first-order valence-corrected chi connectivity index (χ1v) is 5.40. The predicted molar refractivity (Wildman–Crippen MR) is 60.6 cm³/mol. The Bertz CT molecular complexity index is 414. The SMILES string of the molecule is Cc1ccc(C(=O)C2(CO)COC2)cc1C. The maximum absolute atomic E-state index is 12.2. The summed E-state index contributed by atoms with van der Waals surface area (Å²) < 4.78 is 5.04. The summed E-state index contributed by atoms with van der Waals surface area (Å²) in [4.78, 5) is 12.2. The van der Waals surface area contributed by atoms with Gasteiger partial charge in [0, 0.05) is 5.56 Å². The molecule has 16 heavy (non-hydrogen) atoms. The van der Waals surface area contributed by atoms with E-state index in [2.05, 4.69) is 0 Å². The molecule has 0 aliphatic carbocycles. The molecule has 1 aliphatic heterocycles. The Morgan fingerprint density at radius 3 is 2.50 bits per heavy atom. The first-order chi connectivity index (χ1) is 7.59. The summed E-state index contributed by atoms with van der Waals surface area (Å²) >= 11 is 0. The summed E-state index contributed by atoms with van der Waals surface area (Å²) in [5.41, 5.74) is 2.24. The highest BCUT2D eigenvalue weighted by Crippen LogP contribution is 2.31. The molecule has 2 rings (SSSR count). The van der Waals surface area contributed by atoms with Crippen molar-refractivity contribution in [2.45, 2.75) is 13.8 Å². The lowest BCUT2D eigenvalue weighted by Crippen LogP contribution is -2.51. The van der Waals surface area contributed by atoms with Gasteiger partial charge in [-0.15, -0.1) is 0 Å². The quantitative estimate of drug-likeness (QED) is 0.785. The molecule has 1 N–H and O–H groups in total. The van der Waals surface area contributed by atoms with E-state index < -0.39 is 5.41 Å². The van der Waals surface area contributed by atoms with E-state index in [1.807, 2.05) is 32.0 Å². The molecule has 1 aromatic carbocycles. The predicted octanol–water partition coefficient (Wildman–Crippen LogP) is 1.50. The third kappa shape index (κ3) is 1.66. The molecule has 3 heteroatoms. The van der Waals surface area contributed by atoms with Crippen molar-refractivity contribution in [1.29, 1.82) is 0 Å². The van der Waals surface area contributed by atoms with Gasteiger partial charge in [-0.2, -0.15) is 0 Å². The molecule has 1 saturated heterocycles. The molecule has 1 fully saturated rings. The van der Waals surface area contributed by atoms with Crippen molar-refractivity contribution in [3.63, 3.8) is 0 Å². The van der Waals surface area contributed by atoms with Gasteiger partial charge in [-0.25, -0.2) is 0 Å². The number of carbonyl (C=O) groups is 1. The summed E-state index contributed by atoms with van der Waals surface area (Å²) in [6, 6.07) is 5.64. The molecular weight excluding hydrogens is 204 g/mol. The standard InChI is InChI=1S/C13H16O3/c1-9-3-4-11(5-10(9)2)12(15)13(6-14)7-16-8-13/h3-5,14H,6-8H2,1-2H3. The molecule has 0 saturated carbocycles. The first kappa shape index (κ1) is 11.3. The molecule has 0 spiro atoms. The summed E-state index contributed by atoms with van der Waals surface area (Å²) in [5, 5.41) is 9.29. The number of ether oxygens (including phenoxy) is 1. The summed E-state index contributed by atoms with van der Waals surface area (Å²) in [6.07, 6.45) is 0. The van der Waals surface area contributed by atoms with Crippen molar-refractivity contribution in [2.24, 2.45) is 5.41 Å². The van der Waals surface area contributed by atoms with Crippen molar-refractivity contribution < 1.29 is 14.6 Å². The summed E-state index contributed by atoms with van der Waals surface area (Å²) in [7, 11) is 0. The van der Waals surface area contributed by atoms with Crippen LogP contribution in [0.5, 0.6) is 0 Å². The van der Waals surface area contributed by atoms with E-state index >= 15 is 0 Å². The zero-order valence-corrected chi connectivity index (χ0v) is 9.62. The number of hydrogen-bond acceptors (Lipinski definition) is 3. The maximum atomic E-state index is 12.2. The van der Waals surface area contributed by atoms with Gasteiger partial charge in [-0.3, -0.25) is 4.79 Å². The van der Waals surface area contributed by atoms with Crippen LogP contribution in [0.25, 0.3) is 0 Å². The second-order valence-corrected chi connectivity index (χ2v) is 4.56. The normalized spacial score (nSPS) is 17.9. The molecule has 0 bridgehead atoms. The number of ketones is 1. The Kier molecular flexibility index (Phi) is 2.82. The van der Waals surface area contributed by atoms with Gasteiger partial charge in [-0.1, -0.05) is 12.1 Å². The highest BCUT2D eigenvalue weighted by atomic mass is 16.5. The van der Waals surface area contributed by atoms with Crippen LogP contribution in [0.2, 0.25) is 0 Å². The zero-order valence-electron chi connectivity index (χ0n) is 9.62. The molecule has 1 aliphatic rings. The van der Waals surface area contributed by atoms with Crippen molar-refractivity contribution in [3.8, 4) is 0 Å². The topological polar surface area (TPSA) is 46.5 Å². The lowest BCUT2D eigenvalue weighted by molar-refractivity contribution is -0.109. The van der Waals surface area contributed by atoms with Gasteiger partial charge in [0.25, 0.3) is 0 Å². The fraction of sp³-hybridized carbons (Fsp3) is 0.462. The highest BCUT2D eigenvalue weighted by molar-refractivity contribution is 6.01. The smallest absolute Gasteiger partial charge is 0.175 e. The van der Waals surface area contributed by atoms with Crippen LogP contribution >= 0.6 is 0 Å². The third-order valence-corrected chi connectivity index (χ3v) is 3.31. The fourth-order valence-electron chi connectivity index (χ4n) is 1.83. The first-order valence-electron chi connectivity index (χ1n) is 5.40. The van der Waals surface area contributed by atoms with Gasteiger partial charge >= 0.3 is 0 Å². The molecule has 86 valence electrons. The maximum Gasteiger partial charge on any atom is 0.175 e. The number of aliphatic hydroxyl groups excluding tert-OH is 1. The van der Waals surface area contributed by atoms with Gasteiger partial charge in [0.1, 0.15) is 5.41 Å². The molecule has 0 amide bonds. The van der Waals surface area contributed by atoms with E-state index in [-0.39, 0.29) is 12.4 Å². The minimum Gasteiger partial charge on any atom is -0.395 e. The molecule has 0 aromatic heterocycles. The van der Waals surface area contributed by atoms with E-state index in [1.165, 1.54) is 5.56 Å². The molecule has 0 radical (unpaired) electrons. The fourth-order valence-corrected chi connectivity index (χ4v) is 1.83. The van der Waals surface area contributed by atoms with Crippen molar-refractivity contribution in [1.82, 2.24) is 0 Å². The van der Waals surface area contributed by atoms with Crippen LogP contribution in [0, 0.1) is 19.3 Å². The number of carbonyl (C=O) groups excluding carboxylic acids is 1. The summed E-state index contributed by atoms with van der Waals surface area (Å²) in [5.74, 6) is -0.00986. The average Bonchev–Trinajstić information content (AvgIpc) is 2.21. The van der Waals surface area contributed by atoms with Gasteiger partial charge < -0.3 is 9.84 Å². The van der Waals surface area contributed by atoms with Crippen molar-refractivity contribution in [3.05, 3.63) is 34.9 Å². The molecule has 0 unspecified atom stereocenters. The van der Waals surface area contributed by atoms with E-state index in [4.69, 9.17) is 4.74 Å². The van der Waals surface area contributed by atoms with Crippen LogP contribution < -0.4 is 0 Å². The van der Waals surface area contributed by atoms with Crippen LogP contribution in [-0.4, -0.2) is 30.7 Å².